The molecule has 0 aromatic carbocycles. The summed E-state index contributed by atoms with van der Waals surface area (Å²) in [6.45, 7) is 10.2. The topological polar surface area (TPSA) is 44.4 Å². The van der Waals surface area contributed by atoms with Crippen molar-refractivity contribution in [2.45, 2.75) is 27.2 Å². The molecule has 4 heteroatoms. The van der Waals surface area contributed by atoms with Gasteiger partial charge < -0.3 is 15.5 Å². The highest BCUT2D eigenvalue weighted by Crippen LogP contribution is 2.20. The lowest BCUT2D eigenvalue weighted by Crippen LogP contribution is -2.46. The van der Waals surface area contributed by atoms with E-state index in [1.165, 1.54) is 0 Å². The molecular formula is C14H29N3O. The normalized spacial score (nSPS) is 25.2. The van der Waals surface area contributed by atoms with Gasteiger partial charge in [0.15, 0.2) is 0 Å². The summed E-state index contributed by atoms with van der Waals surface area (Å²) in [5, 5.41) is 6.47. The van der Waals surface area contributed by atoms with Crippen LogP contribution in [-0.2, 0) is 4.79 Å². The highest BCUT2D eigenvalue weighted by molar-refractivity contribution is 5.79. The molecule has 4 nitrogen and oxygen atoms in total. The van der Waals surface area contributed by atoms with Crippen LogP contribution in [0.15, 0.2) is 0 Å². The van der Waals surface area contributed by atoms with Gasteiger partial charge in [-0.3, -0.25) is 4.79 Å². The predicted octanol–water partition coefficient (Wildman–Crippen LogP) is 0.936. The fourth-order valence-corrected chi connectivity index (χ4v) is 2.77. The van der Waals surface area contributed by atoms with E-state index in [9.17, 15) is 4.79 Å². The Hall–Kier alpha value is -0.610. The largest absolute Gasteiger partial charge is 0.355 e. The third-order valence-electron chi connectivity index (χ3n) is 3.61. The van der Waals surface area contributed by atoms with Crippen molar-refractivity contribution in [3.8, 4) is 0 Å². The number of nitrogens with one attached hydrogen (secondary N) is 2. The standard InChI is InChI=1S/C14H29N3O/c1-11-8-15-7-6-12(11)13(18)16-9-14(2,3)10-17(4)5/h11-12,15H,6-10H2,1-5H3,(H,16,18). The van der Waals surface area contributed by atoms with Gasteiger partial charge in [-0.15, -0.1) is 0 Å². The lowest BCUT2D eigenvalue weighted by atomic mass is 9.86. The maximum atomic E-state index is 12.2. The second kappa shape index (κ2) is 6.53. The molecule has 1 amide bonds. The molecule has 0 aromatic rings. The molecule has 1 aliphatic heterocycles. The van der Waals surface area contributed by atoms with E-state index < -0.39 is 0 Å². The minimum atomic E-state index is 0.120. The van der Waals surface area contributed by atoms with Gasteiger partial charge in [-0.2, -0.15) is 0 Å². The maximum Gasteiger partial charge on any atom is 0.223 e. The molecule has 0 saturated carbocycles. The van der Waals surface area contributed by atoms with Crippen molar-refractivity contribution in [3.63, 3.8) is 0 Å². The quantitative estimate of drug-likeness (QED) is 0.768. The molecule has 2 atom stereocenters. The SMILES string of the molecule is CC1CNCCC1C(=O)NCC(C)(C)CN(C)C. The Morgan fingerprint density at radius 2 is 2.11 bits per heavy atom. The van der Waals surface area contributed by atoms with Crippen molar-refractivity contribution in [3.05, 3.63) is 0 Å². The fraction of sp³-hybridized carbons (Fsp3) is 0.929. The van der Waals surface area contributed by atoms with Gasteiger partial charge in [0.2, 0.25) is 5.91 Å². The Morgan fingerprint density at radius 3 is 2.67 bits per heavy atom. The molecule has 1 saturated heterocycles. The molecule has 0 aliphatic carbocycles. The van der Waals surface area contributed by atoms with E-state index in [0.29, 0.717) is 5.92 Å². The number of rotatable bonds is 5. The zero-order valence-corrected chi connectivity index (χ0v) is 12.5. The molecule has 0 radical (unpaired) electrons. The smallest absolute Gasteiger partial charge is 0.223 e. The molecule has 0 aromatic heterocycles. The Morgan fingerprint density at radius 1 is 1.44 bits per heavy atom. The monoisotopic (exact) mass is 255 g/mol. The summed E-state index contributed by atoms with van der Waals surface area (Å²) in [6, 6.07) is 0. The summed E-state index contributed by atoms with van der Waals surface area (Å²) in [4.78, 5) is 14.4. The molecule has 2 unspecified atom stereocenters. The van der Waals surface area contributed by atoms with Gasteiger partial charge in [0.25, 0.3) is 0 Å². The first kappa shape index (κ1) is 15.4. The Bertz CT molecular complexity index is 276. The molecule has 0 spiro atoms. The lowest BCUT2D eigenvalue weighted by molar-refractivity contribution is -0.127. The van der Waals surface area contributed by atoms with Crippen molar-refractivity contribution in [1.82, 2.24) is 15.5 Å². The summed E-state index contributed by atoms with van der Waals surface area (Å²) in [5.41, 5.74) is 0.120. The third kappa shape index (κ3) is 4.94. The van der Waals surface area contributed by atoms with Gasteiger partial charge in [0.05, 0.1) is 0 Å². The summed E-state index contributed by atoms with van der Waals surface area (Å²) >= 11 is 0. The van der Waals surface area contributed by atoms with Crippen LogP contribution in [0.3, 0.4) is 0 Å². The number of hydrogen-bond donors (Lipinski definition) is 2. The van der Waals surface area contributed by atoms with Crippen LogP contribution in [0.5, 0.6) is 0 Å². The van der Waals surface area contributed by atoms with Gasteiger partial charge in [0.1, 0.15) is 0 Å². The molecule has 2 N–H and O–H groups in total. The average Bonchev–Trinajstić information content (AvgIpc) is 2.25. The predicted molar refractivity (Wildman–Crippen MR) is 75.5 cm³/mol. The number of carbonyl (C=O) groups is 1. The number of amides is 1. The van der Waals surface area contributed by atoms with E-state index in [1.54, 1.807) is 0 Å². The van der Waals surface area contributed by atoms with Gasteiger partial charge in [0, 0.05) is 19.0 Å². The molecule has 106 valence electrons. The van der Waals surface area contributed by atoms with Gasteiger partial charge >= 0.3 is 0 Å². The van der Waals surface area contributed by atoms with E-state index in [2.05, 4.69) is 50.4 Å². The van der Waals surface area contributed by atoms with Crippen molar-refractivity contribution < 1.29 is 4.79 Å². The van der Waals surface area contributed by atoms with Gasteiger partial charge in [-0.1, -0.05) is 20.8 Å². The average molecular weight is 255 g/mol. The first-order valence-corrected chi connectivity index (χ1v) is 6.95. The van der Waals surface area contributed by atoms with Crippen molar-refractivity contribution in [1.29, 1.82) is 0 Å². The van der Waals surface area contributed by atoms with E-state index in [0.717, 1.165) is 32.6 Å². The molecule has 1 rings (SSSR count). The first-order chi connectivity index (χ1) is 8.32. The van der Waals surface area contributed by atoms with E-state index in [4.69, 9.17) is 0 Å². The highest BCUT2D eigenvalue weighted by Gasteiger charge is 2.29. The molecule has 1 fully saturated rings. The van der Waals surface area contributed by atoms with Crippen LogP contribution in [0.2, 0.25) is 0 Å². The maximum absolute atomic E-state index is 12.2. The van der Waals surface area contributed by atoms with Crippen LogP contribution in [0.4, 0.5) is 0 Å². The lowest BCUT2D eigenvalue weighted by Gasteiger charge is -2.32. The zero-order valence-electron chi connectivity index (χ0n) is 12.5. The number of piperidine rings is 1. The Balaban J connectivity index is 2.40. The van der Waals surface area contributed by atoms with Crippen LogP contribution in [-0.4, -0.2) is 51.1 Å². The van der Waals surface area contributed by atoms with Crippen LogP contribution < -0.4 is 10.6 Å². The second-order valence-electron chi connectivity index (χ2n) is 6.70. The van der Waals surface area contributed by atoms with Gasteiger partial charge in [-0.05, 0) is 44.9 Å². The summed E-state index contributed by atoms with van der Waals surface area (Å²) in [7, 11) is 4.14. The third-order valence-corrected chi connectivity index (χ3v) is 3.61. The summed E-state index contributed by atoms with van der Waals surface area (Å²) in [6.07, 6.45) is 0.959. The number of carbonyl (C=O) groups excluding carboxylic acids is 1. The first-order valence-electron chi connectivity index (χ1n) is 6.95. The molecule has 1 aliphatic rings. The second-order valence-corrected chi connectivity index (χ2v) is 6.70. The zero-order chi connectivity index (χ0) is 13.8. The number of nitrogens with zero attached hydrogens (tertiary/aromatic N) is 1. The van der Waals surface area contributed by atoms with E-state index >= 15 is 0 Å². The van der Waals surface area contributed by atoms with Crippen LogP contribution >= 0.6 is 0 Å². The van der Waals surface area contributed by atoms with Crippen LogP contribution in [0.25, 0.3) is 0 Å². The van der Waals surface area contributed by atoms with Crippen LogP contribution in [0.1, 0.15) is 27.2 Å². The Labute approximate surface area is 111 Å². The van der Waals surface area contributed by atoms with E-state index in [-0.39, 0.29) is 17.2 Å². The van der Waals surface area contributed by atoms with E-state index in [1.807, 2.05) is 0 Å². The molecule has 0 bridgehead atoms. The summed E-state index contributed by atoms with van der Waals surface area (Å²) in [5.74, 6) is 0.855. The molecular weight excluding hydrogens is 226 g/mol. The Kier molecular flexibility index (Phi) is 5.60. The van der Waals surface area contributed by atoms with Crippen molar-refractivity contribution in [2.24, 2.45) is 17.3 Å². The van der Waals surface area contributed by atoms with Crippen molar-refractivity contribution >= 4 is 5.91 Å². The molecule has 18 heavy (non-hydrogen) atoms. The molecule has 1 heterocycles. The van der Waals surface area contributed by atoms with Crippen LogP contribution in [0, 0.1) is 17.3 Å². The number of hydrogen-bond acceptors (Lipinski definition) is 3. The minimum Gasteiger partial charge on any atom is -0.355 e. The van der Waals surface area contributed by atoms with Crippen molar-refractivity contribution in [2.75, 3.05) is 40.3 Å². The highest BCUT2D eigenvalue weighted by atomic mass is 16.1. The van der Waals surface area contributed by atoms with Gasteiger partial charge in [-0.25, -0.2) is 0 Å². The summed E-state index contributed by atoms with van der Waals surface area (Å²) < 4.78 is 0. The minimum absolute atomic E-state index is 0.120. The fourth-order valence-electron chi connectivity index (χ4n) is 2.77.